The van der Waals surface area contributed by atoms with E-state index in [-0.39, 0.29) is 31.3 Å². The van der Waals surface area contributed by atoms with Crippen LogP contribution in [0.5, 0.6) is 0 Å². The number of thioether (sulfide) groups is 1. The number of amides is 1. The first-order chi connectivity index (χ1) is 10.6. The van der Waals surface area contributed by atoms with E-state index >= 15 is 0 Å². The molecule has 0 spiro atoms. The van der Waals surface area contributed by atoms with Crippen LogP contribution in [-0.4, -0.2) is 31.3 Å². The summed E-state index contributed by atoms with van der Waals surface area (Å²) < 4.78 is 4.95. The van der Waals surface area contributed by atoms with Crippen molar-refractivity contribution in [1.29, 1.82) is 5.26 Å². The maximum absolute atomic E-state index is 12.3. The summed E-state index contributed by atoms with van der Waals surface area (Å²) in [4.78, 5) is 26.1. The Labute approximate surface area is 135 Å². The topological polar surface area (TPSA) is 70.4 Å². The maximum atomic E-state index is 12.3. The van der Waals surface area contributed by atoms with Crippen molar-refractivity contribution in [2.24, 2.45) is 0 Å². The molecule has 0 aliphatic heterocycles. The van der Waals surface area contributed by atoms with Crippen LogP contribution < -0.4 is 4.90 Å². The van der Waals surface area contributed by atoms with Gasteiger partial charge in [0.05, 0.1) is 19.1 Å². The first-order valence-electron chi connectivity index (χ1n) is 7.09. The third-order valence-corrected chi connectivity index (χ3v) is 3.63. The minimum absolute atomic E-state index is 0.0307. The Morgan fingerprint density at radius 2 is 2.14 bits per heavy atom. The van der Waals surface area contributed by atoms with Gasteiger partial charge in [-0.3, -0.25) is 14.5 Å². The number of nitriles is 1. The largest absolute Gasteiger partial charge is 0.466 e. The molecule has 1 aromatic carbocycles. The van der Waals surface area contributed by atoms with Gasteiger partial charge in [0.25, 0.3) is 0 Å². The van der Waals surface area contributed by atoms with E-state index in [0.717, 1.165) is 11.3 Å². The third kappa shape index (κ3) is 5.78. The van der Waals surface area contributed by atoms with Gasteiger partial charge in [-0.2, -0.15) is 5.26 Å². The van der Waals surface area contributed by atoms with Crippen molar-refractivity contribution in [2.75, 3.05) is 24.3 Å². The second kappa shape index (κ2) is 9.85. The fourth-order valence-electron chi connectivity index (χ4n) is 1.80. The molecule has 0 aliphatic rings. The van der Waals surface area contributed by atoms with E-state index in [1.54, 1.807) is 17.8 Å². The third-order valence-electron chi connectivity index (χ3n) is 2.91. The van der Waals surface area contributed by atoms with E-state index in [1.165, 1.54) is 4.90 Å². The van der Waals surface area contributed by atoms with E-state index in [1.807, 2.05) is 37.4 Å². The minimum Gasteiger partial charge on any atom is -0.466 e. The average molecular weight is 320 g/mol. The molecular formula is C16H20N2O3S. The predicted octanol–water partition coefficient (Wildman–Crippen LogP) is 3.00. The smallest absolute Gasteiger partial charge is 0.306 e. The lowest BCUT2D eigenvalue weighted by Gasteiger charge is -2.20. The van der Waals surface area contributed by atoms with Gasteiger partial charge in [-0.15, -0.1) is 11.8 Å². The molecule has 0 atom stereocenters. The molecule has 22 heavy (non-hydrogen) atoms. The van der Waals surface area contributed by atoms with E-state index in [9.17, 15) is 9.59 Å². The quantitative estimate of drug-likeness (QED) is 0.418. The van der Waals surface area contributed by atoms with Gasteiger partial charge in [-0.05, 0) is 30.9 Å². The zero-order chi connectivity index (χ0) is 16.4. The maximum Gasteiger partial charge on any atom is 0.306 e. The molecule has 0 radical (unpaired) electrons. The SMILES string of the molecule is CCCOC(=O)CCC(=O)N(CC#N)c1cccc(SC)c1. The Hall–Kier alpha value is -2.00. The first kappa shape index (κ1) is 18.1. The molecule has 0 saturated carbocycles. The molecule has 1 rings (SSSR count). The Kier molecular flexibility index (Phi) is 8.08. The van der Waals surface area contributed by atoms with Gasteiger partial charge in [0.1, 0.15) is 6.54 Å². The Balaban J connectivity index is 2.71. The van der Waals surface area contributed by atoms with Crippen LogP contribution in [0.4, 0.5) is 5.69 Å². The molecule has 118 valence electrons. The molecule has 0 unspecified atom stereocenters. The number of carbonyl (C=O) groups is 2. The molecule has 1 amide bonds. The minimum atomic E-state index is -0.384. The average Bonchev–Trinajstić information content (AvgIpc) is 2.55. The van der Waals surface area contributed by atoms with Gasteiger partial charge in [-0.1, -0.05) is 13.0 Å². The number of benzene rings is 1. The lowest BCUT2D eigenvalue weighted by atomic mass is 10.2. The van der Waals surface area contributed by atoms with Gasteiger partial charge in [0, 0.05) is 17.0 Å². The summed E-state index contributed by atoms with van der Waals surface area (Å²) in [5, 5.41) is 8.93. The highest BCUT2D eigenvalue weighted by atomic mass is 32.2. The lowest BCUT2D eigenvalue weighted by molar-refractivity contribution is -0.144. The molecule has 0 bridgehead atoms. The summed E-state index contributed by atoms with van der Waals surface area (Å²) in [5.41, 5.74) is 0.667. The van der Waals surface area contributed by atoms with Crippen molar-refractivity contribution in [2.45, 2.75) is 31.1 Å². The summed E-state index contributed by atoms with van der Waals surface area (Å²) in [6.07, 6.45) is 2.76. The van der Waals surface area contributed by atoms with Crippen molar-refractivity contribution < 1.29 is 14.3 Å². The van der Waals surface area contributed by atoms with Gasteiger partial charge < -0.3 is 4.74 Å². The van der Waals surface area contributed by atoms with Crippen molar-refractivity contribution in [3.05, 3.63) is 24.3 Å². The highest BCUT2D eigenvalue weighted by Crippen LogP contribution is 2.22. The number of anilines is 1. The molecule has 6 heteroatoms. The Morgan fingerprint density at radius 1 is 1.36 bits per heavy atom. The Morgan fingerprint density at radius 3 is 2.77 bits per heavy atom. The number of rotatable bonds is 8. The van der Waals surface area contributed by atoms with Crippen molar-refractivity contribution in [3.63, 3.8) is 0 Å². The molecule has 0 N–H and O–H groups in total. The van der Waals surface area contributed by atoms with E-state index in [2.05, 4.69) is 0 Å². The molecule has 0 heterocycles. The van der Waals surface area contributed by atoms with Gasteiger partial charge in [0.2, 0.25) is 5.91 Å². The van der Waals surface area contributed by atoms with E-state index in [4.69, 9.17) is 10.00 Å². The number of nitrogens with zero attached hydrogens (tertiary/aromatic N) is 2. The van der Waals surface area contributed by atoms with Crippen LogP contribution >= 0.6 is 11.8 Å². The molecule has 0 aliphatic carbocycles. The normalized spacial score (nSPS) is 9.86. The van der Waals surface area contributed by atoms with Crippen molar-refractivity contribution in [3.8, 4) is 6.07 Å². The van der Waals surface area contributed by atoms with E-state index in [0.29, 0.717) is 12.3 Å². The molecule has 1 aromatic rings. The van der Waals surface area contributed by atoms with Gasteiger partial charge >= 0.3 is 5.97 Å². The predicted molar refractivity (Wildman–Crippen MR) is 86.7 cm³/mol. The highest BCUT2D eigenvalue weighted by Gasteiger charge is 2.17. The molecule has 0 aromatic heterocycles. The summed E-state index contributed by atoms with van der Waals surface area (Å²) >= 11 is 1.56. The van der Waals surface area contributed by atoms with Crippen LogP contribution in [0.3, 0.4) is 0 Å². The highest BCUT2D eigenvalue weighted by molar-refractivity contribution is 7.98. The van der Waals surface area contributed by atoms with Crippen LogP contribution in [0, 0.1) is 11.3 Å². The summed E-state index contributed by atoms with van der Waals surface area (Å²) in [6, 6.07) is 9.40. The van der Waals surface area contributed by atoms with Crippen molar-refractivity contribution in [1.82, 2.24) is 0 Å². The lowest BCUT2D eigenvalue weighted by Crippen LogP contribution is -2.31. The standard InChI is InChI=1S/C16H20N2O3S/c1-3-11-21-16(20)8-7-15(19)18(10-9-17)13-5-4-6-14(12-13)22-2/h4-6,12H,3,7-8,10-11H2,1-2H3. The second-order valence-electron chi connectivity index (χ2n) is 4.56. The van der Waals surface area contributed by atoms with Gasteiger partial charge in [-0.25, -0.2) is 0 Å². The van der Waals surface area contributed by atoms with Crippen LogP contribution in [0.25, 0.3) is 0 Å². The zero-order valence-corrected chi connectivity index (χ0v) is 13.7. The number of hydrogen-bond acceptors (Lipinski definition) is 5. The zero-order valence-electron chi connectivity index (χ0n) is 12.9. The summed E-state index contributed by atoms with van der Waals surface area (Å²) in [6.45, 7) is 2.23. The molecule has 5 nitrogen and oxygen atoms in total. The molecular weight excluding hydrogens is 300 g/mol. The fourth-order valence-corrected chi connectivity index (χ4v) is 2.26. The second-order valence-corrected chi connectivity index (χ2v) is 5.44. The monoisotopic (exact) mass is 320 g/mol. The van der Waals surface area contributed by atoms with E-state index < -0.39 is 0 Å². The fraction of sp³-hybridized carbons (Fsp3) is 0.438. The van der Waals surface area contributed by atoms with Crippen LogP contribution in [-0.2, 0) is 14.3 Å². The molecule has 0 fully saturated rings. The van der Waals surface area contributed by atoms with Crippen LogP contribution in [0.15, 0.2) is 29.2 Å². The number of hydrogen-bond donors (Lipinski definition) is 0. The summed E-state index contributed by atoms with van der Waals surface area (Å²) in [5.74, 6) is -0.641. The van der Waals surface area contributed by atoms with Crippen molar-refractivity contribution >= 4 is 29.3 Å². The summed E-state index contributed by atoms with van der Waals surface area (Å²) in [7, 11) is 0. The molecule has 0 saturated heterocycles. The van der Waals surface area contributed by atoms with Crippen LogP contribution in [0.2, 0.25) is 0 Å². The number of esters is 1. The Bertz CT molecular complexity index is 555. The number of carbonyl (C=O) groups excluding carboxylic acids is 2. The number of ether oxygens (including phenoxy) is 1. The first-order valence-corrected chi connectivity index (χ1v) is 8.31. The van der Waals surface area contributed by atoms with Gasteiger partial charge in [0.15, 0.2) is 0 Å². The van der Waals surface area contributed by atoms with Crippen LogP contribution in [0.1, 0.15) is 26.2 Å².